The first-order valence-electron chi connectivity index (χ1n) is 6.73. The molecule has 1 aromatic carbocycles. The molecular weight excluding hydrogens is 236 g/mol. The maximum Gasteiger partial charge on any atom is 0.142 e. The topological polar surface area (TPSA) is 38.0 Å². The number of hydrogen-bond acceptors (Lipinski definition) is 2. The molecule has 1 heterocycles. The summed E-state index contributed by atoms with van der Waals surface area (Å²) in [5.74, 6) is 0.708. The maximum atomic E-state index is 10.7. The zero-order chi connectivity index (χ0) is 14.0. The molecule has 0 saturated heterocycles. The fourth-order valence-electron chi connectivity index (χ4n) is 2.39. The first-order chi connectivity index (χ1) is 8.95. The Balaban J connectivity index is 2.48. The van der Waals surface area contributed by atoms with Crippen LogP contribution in [-0.4, -0.2) is 14.7 Å². The Kier molecular flexibility index (Phi) is 3.76. The molecule has 0 amide bonds. The zero-order valence-electron chi connectivity index (χ0n) is 12.1. The van der Waals surface area contributed by atoms with Crippen molar-refractivity contribution < 1.29 is 5.11 Å². The van der Waals surface area contributed by atoms with Gasteiger partial charge in [0.1, 0.15) is 11.9 Å². The van der Waals surface area contributed by atoms with E-state index in [1.165, 1.54) is 0 Å². The van der Waals surface area contributed by atoms with E-state index in [0.717, 1.165) is 17.7 Å². The van der Waals surface area contributed by atoms with E-state index >= 15 is 0 Å². The Morgan fingerprint density at radius 2 is 1.95 bits per heavy atom. The van der Waals surface area contributed by atoms with Crippen molar-refractivity contribution in [3.63, 3.8) is 0 Å². The predicted octanol–water partition coefficient (Wildman–Crippen LogP) is 3.28. The number of hydrogen-bond donors (Lipinski definition) is 1. The molecule has 0 radical (unpaired) electrons. The third-order valence-electron chi connectivity index (χ3n) is 3.40. The molecule has 1 N–H and O–H groups in total. The molecule has 3 nitrogen and oxygen atoms in total. The van der Waals surface area contributed by atoms with Crippen LogP contribution in [0.3, 0.4) is 0 Å². The van der Waals surface area contributed by atoms with Crippen molar-refractivity contribution in [1.29, 1.82) is 0 Å². The van der Waals surface area contributed by atoms with Crippen LogP contribution < -0.4 is 0 Å². The summed E-state index contributed by atoms with van der Waals surface area (Å²) in [5, 5.41) is 10.7. The first kappa shape index (κ1) is 13.8. The lowest BCUT2D eigenvalue weighted by Gasteiger charge is -2.25. The van der Waals surface area contributed by atoms with Gasteiger partial charge < -0.3 is 9.67 Å². The van der Waals surface area contributed by atoms with Gasteiger partial charge in [-0.2, -0.15) is 0 Å². The van der Waals surface area contributed by atoms with Crippen molar-refractivity contribution in [3.05, 3.63) is 53.6 Å². The standard InChI is InChI=1S/C16H22N2O/c1-5-18-11-10-17-15(18)14(19)12-8-6-7-9-13(12)16(2,3)4/h6-11,14,19H,5H2,1-4H3. The Labute approximate surface area is 114 Å². The smallest absolute Gasteiger partial charge is 0.142 e. The Morgan fingerprint density at radius 1 is 1.26 bits per heavy atom. The Morgan fingerprint density at radius 3 is 2.58 bits per heavy atom. The summed E-state index contributed by atoms with van der Waals surface area (Å²) in [5.41, 5.74) is 2.10. The molecule has 3 heteroatoms. The molecule has 1 atom stereocenters. The largest absolute Gasteiger partial charge is 0.380 e. The second kappa shape index (κ2) is 5.17. The average Bonchev–Trinajstić information content (AvgIpc) is 2.85. The van der Waals surface area contributed by atoms with Crippen molar-refractivity contribution in [2.75, 3.05) is 0 Å². The number of nitrogens with zero attached hydrogens (tertiary/aromatic N) is 2. The Hall–Kier alpha value is -1.61. The van der Waals surface area contributed by atoms with Gasteiger partial charge in [0, 0.05) is 18.9 Å². The van der Waals surface area contributed by atoms with Gasteiger partial charge in [-0.05, 0) is 23.5 Å². The predicted molar refractivity (Wildman–Crippen MR) is 77.1 cm³/mol. The molecule has 0 spiro atoms. The zero-order valence-corrected chi connectivity index (χ0v) is 12.1. The van der Waals surface area contributed by atoms with E-state index in [9.17, 15) is 5.11 Å². The van der Waals surface area contributed by atoms with Gasteiger partial charge >= 0.3 is 0 Å². The summed E-state index contributed by atoms with van der Waals surface area (Å²) in [6.45, 7) is 9.33. The fourth-order valence-corrected chi connectivity index (χ4v) is 2.39. The van der Waals surface area contributed by atoms with E-state index in [4.69, 9.17) is 0 Å². The molecule has 0 aliphatic rings. The molecule has 1 aromatic heterocycles. The third-order valence-corrected chi connectivity index (χ3v) is 3.40. The molecule has 0 aliphatic carbocycles. The summed E-state index contributed by atoms with van der Waals surface area (Å²) in [6, 6.07) is 8.05. The highest BCUT2D eigenvalue weighted by Crippen LogP contribution is 2.32. The summed E-state index contributed by atoms with van der Waals surface area (Å²) in [7, 11) is 0. The molecule has 0 aliphatic heterocycles. The monoisotopic (exact) mass is 258 g/mol. The minimum absolute atomic E-state index is 0.00120. The van der Waals surface area contributed by atoms with Gasteiger partial charge in [-0.15, -0.1) is 0 Å². The van der Waals surface area contributed by atoms with E-state index in [0.29, 0.717) is 5.82 Å². The van der Waals surface area contributed by atoms with Crippen LogP contribution >= 0.6 is 0 Å². The summed E-state index contributed by atoms with van der Waals surface area (Å²) in [4.78, 5) is 4.30. The van der Waals surface area contributed by atoms with Crippen LogP contribution in [0.1, 0.15) is 50.8 Å². The fraction of sp³-hybridized carbons (Fsp3) is 0.438. The lowest BCUT2D eigenvalue weighted by molar-refractivity contribution is 0.202. The Bertz CT molecular complexity index is 552. The summed E-state index contributed by atoms with van der Waals surface area (Å²) < 4.78 is 1.98. The molecule has 2 aromatic rings. The number of aliphatic hydroxyl groups is 1. The second-order valence-corrected chi connectivity index (χ2v) is 5.81. The van der Waals surface area contributed by atoms with E-state index in [1.807, 2.05) is 35.9 Å². The number of aryl methyl sites for hydroxylation is 1. The van der Waals surface area contributed by atoms with Crippen LogP contribution in [-0.2, 0) is 12.0 Å². The highest BCUT2D eigenvalue weighted by molar-refractivity contribution is 5.37. The van der Waals surface area contributed by atoms with Gasteiger partial charge in [0.25, 0.3) is 0 Å². The molecular formula is C16H22N2O. The maximum absolute atomic E-state index is 10.7. The molecule has 102 valence electrons. The molecule has 0 fully saturated rings. The first-order valence-corrected chi connectivity index (χ1v) is 6.73. The van der Waals surface area contributed by atoms with Crippen molar-refractivity contribution in [3.8, 4) is 0 Å². The van der Waals surface area contributed by atoms with Gasteiger partial charge in [-0.3, -0.25) is 0 Å². The van der Waals surface area contributed by atoms with Crippen LogP contribution in [0.15, 0.2) is 36.7 Å². The van der Waals surface area contributed by atoms with Gasteiger partial charge in [0.05, 0.1) is 0 Å². The number of aliphatic hydroxyl groups excluding tert-OH is 1. The quantitative estimate of drug-likeness (QED) is 0.917. The van der Waals surface area contributed by atoms with Crippen LogP contribution in [0, 0.1) is 0 Å². The van der Waals surface area contributed by atoms with Gasteiger partial charge in [0.2, 0.25) is 0 Å². The van der Waals surface area contributed by atoms with Crippen molar-refractivity contribution in [1.82, 2.24) is 9.55 Å². The average molecular weight is 258 g/mol. The number of aromatic nitrogens is 2. The van der Waals surface area contributed by atoms with Crippen LogP contribution in [0.4, 0.5) is 0 Å². The van der Waals surface area contributed by atoms with E-state index < -0.39 is 6.10 Å². The number of imidazole rings is 1. The second-order valence-electron chi connectivity index (χ2n) is 5.81. The highest BCUT2D eigenvalue weighted by Gasteiger charge is 2.24. The van der Waals surface area contributed by atoms with Crippen molar-refractivity contribution in [2.24, 2.45) is 0 Å². The molecule has 1 unspecified atom stereocenters. The van der Waals surface area contributed by atoms with Crippen molar-refractivity contribution in [2.45, 2.75) is 45.8 Å². The summed E-state index contributed by atoms with van der Waals surface area (Å²) >= 11 is 0. The van der Waals surface area contributed by atoms with E-state index in [-0.39, 0.29) is 5.41 Å². The third kappa shape index (κ3) is 2.71. The lowest BCUT2D eigenvalue weighted by Crippen LogP contribution is -2.18. The molecule has 0 bridgehead atoms. The van der Waals surface area contributed by atoms with Gasteiger partial charge in [0.15, 0.2) is 0 Å². The highest BCUT2D eigenvalue weighted by atomic mass is 16.3. The van der Waals surface area contributed by atoms with E-state index in [2.05, 4.69) is 31.8 Å². The lowest BCUT2D eigenvalue weighted by atomic mass is 9.82. The molecule has 19 heavy (non-hydrogen) atoms. The minimum Gasteiger partial charge on any atom is -0.380 e. The number of rotatable bonds is 3. The van der Waals surface area contributed by atoms with Crippen molar-refractivity contribution >= 4 is 0 Å². The number of benzene rings is 1. The molecule has 2 rings (SSSR count). The van der Waals surface area contributed by atoms with E-state index in [1.54, 1.807) is 6.20 Å². The minimum atomic E-state index is -0.676. The van der Waals surface area contributed by atoms with Gasteiger partial charge in [-0.25, -0.2) is 4.98 Å². The summed E-state index contributed by atoms with van der Waals surface area (Å²) in [6.07, 6.45) is 2.96. The van der Waals surface area contributed by atoms with Crippen LogP contribution in [0.5, 0.6) is 0 Å². The van der Waals surface area contributed by atoms with Gasteiger partial charge in [-0.1, -0.05) is 45.0 Å². The van der Waals surface area contributed by atoms with Crippen LogP contribution in [0.25, 0.3) is 0 Å². The SMILES string of the molecule is CCn1ccnc1C(O)c1ccccc1C(C)(C)C. The van der Waals surface area contributed by atoms with Crippen LogP contribution in [0.2, 0.25) is 0 Å². The molecule has 0 saturated carbocycles. The normalized spacial score (nSPS) is 13.5.